The van der Waals surface area contributed by atoms with Crippen molar-refractivity contribution in [1.29, 1.82) is 0 Å². The SMILES string of the molecule is O=Cc1cccc(NC(=O)Nc2cccc(Cl)c2F)c1. The topological polar surface area (TPSA) is 58.2 Å². The van der Waals surface area contributed by atoms with Crippen LogP contribution in [-0.2, 0) is 0 Å². The van der Waals surface area contributed by atoms with E-state index in [0.29, 0.717) is 17.5 Å². The average molecular weight is 293 g/mol. The Morgan fingerprint density at radius 1 is 1.15 bits per heavy atom. The summed E-state index contributed by atoms with van der Waals surface area (Å²) >= 11 is 5.61. The molecule has 2 rings (SSSR count). The molecule has 6 heteroatoms. The van der Waals surface area contributed by atoms with Crippen LogP contribution >= 0.6 is 11.6 Å². The molecule has 0 saturated heterocycles. The second kappa shape index (κ2) is 6.16. The Bertz CT molecular complexity index is 661. The molecule has 2 aromatic carbocycles. The summed E-state index contributed by atoms with van der Waals surface area (Å²) in [4.78, 5) is 22.3. The number of urea groups is 1. The standard InChI is InChI=1S/C14H10ClFN2O2/c15-11-5-2-6-12(13(11)16)18-14(20)17-10-4-1-3-9(7-10)8-19/h1-8H,(H2,17,18,20). The molecule has 2 aromatic rings. The Labute approximate surface area is 119 Å². The molecule has 0 radical (unpaired) electrons. The van der Waals surface area contributed by atoms with E-state index in [1.165, 1.54) is 24.3 Å². The first kappa shape index (κ1) is 14.0. The Kier molecular flexibility index (Phi) is 4.32. The van der Waals surface area contributed by atoms with Crippen LogP contribution in [0.2, 0.25) is 5.02 Å². The van der Waals surface area contributed by atoms with Gasteiger partial charge in [0.25, 0.3) is 0 Å². The van der Waals surface area contributed by atoms with Gasteiger partial charge in [0.05, 0.1) is 10.7 Å². The number of hydrogen-bond acceptors (Lipinski definition) is 2. The molecule has 0 atom stereocenters. The van der Waals surface area contributed by atoms with E-state index in [0.717, 1.165) is 0 Å². The lowest BCUT2D eigenvalue weighted by Gasteiger charge is -2.09. The predicted molar refractivity (Wildman–Crippen MR) is 75.9 cm³/mol. The number of amides is 2. The zero-order valence-corrected chi connectivity index (χ0v) is 10.9. The van der Waals surface area contributed by atoms with Crippen LogP contribution in [0.5, 0.6) is 0 Å². The summed E-state index contributed by atoms with van der Waals surface area (Å²) in [5.41, 5.74) is 0.827. The van der Waals surface area contributed by atoms with E-state index < -0.39 is 11.8 Å². The lowest BCUT2D eigenvalue weighted by molar-refractivity contribution is 0.112. The van der Waals surface area contributed by atoms with Gasteiger partial charge >= 0.3 is 6.03 Å². The summed E-state index contributed by atoms with van der Waals surface area (Å²) in [5, 5.41) is 4.75. The smallest absolute Gasteiger partial charge is 0.308 e. The van der Waals surface area contributed by atoms with Gasteiger partial charge in [0.2, 0.25) is 0 Å². The highest BCUT2D eigenvalue weighted by Crippen LogP contribution is 2.22. The van der Waals surface area contributed by atoms with Crippen molar-refractivity contribution in [3.8, 4) is 0 Å². The van der Waals surface area contributed by atoms with E-state index >= 15 is 0 Å². The van der Waals surface area contributed by atoms with Gasteiger partial charge in [-0.1, -0.05) is 29.8 Å². The Hall–Kier alpha value is -2.40. The van der Waals surface area contributed by atoms with Crippen molar-refractivity contribution in [3.63, 3.8) is 0 Å². The molecule has 0 unspecified atom stereocenters. The number of rotatable bonds is 3. The van der Waals surface area contributed by atoms with Gasteiger partial charge in [0.15, 0.2) is 5.82 Å². The quantitative estimate of drug-likeness (QED) is 0.842. The fourth-order valence-electron chi connectivity index (χ4n) is 1.57. The third kappa shape index (κ3) is 3.33. The van der Waals surface area contributed by atoms with Crippen molar-refractivity contribution in [3.05, 3.63) is 58.9 Å². The fourth-order valence-corrected chi connectivity index (χ4v) is 1.75. The molecule has 102 valence electrons. The molecule has 0 fully saturated rings. The van der Waals surface area contributed by atoms with E-state index in [9.17, 15) is 14.0 Å². The van der Waals surface area contributed by atoms with Gasteiger partial charge in [-0.3, -0.25) is 4.79 Å². The lowest BCUT2D eigenvalue weighted by Crippen LogP contribution is -2.20. The monoisotopic (exact) mass is 292 g/mol. The Morgan fingerprint density at radius 2 is 1.90 bits per heavy atom. The number of halogens is 2. The highest BCUT2D eigenvalue weighted by molar-refractivity contribution is 6.31. The van der Waals surface area contributed by atoms with Gasteiger partial charge in [-0.15, -0.1) is 0 Å². The largest absolute Gasteiger partial charge is 0.323 e. The van der Waals surface area contributed by atoms with E-state index in [-0.39, 0.29) is 10.7 Å². The Morgan fingerprint density at radius 3 is 2.65 bits per heavy atom. The van der Waals surface area contributed by atoms with Crippen molar-refractivity contribution >= 4 is 35.3 Å². The summed E-state index contributed by atoms with van der Waals surface area (Å²) in [6.07, 6.45) is 0.666. The summed E-state index contributed by atoms with van der Waals surface area (Å²) in [6, 6.07) is 10.0. The Balaban J connectivity index is 2.09. The van der Waals surface area contributed by atoms with Crippen LogP contribution in [0.3, 0.4) is 0 Å². The zero-order valence-electron chi connectivity index (χ0n) is 10.2. The second-order valence-corrected chi connectivity index (χ2v) is 4.33. The van der Waals surface area contributed by atoms with Crippen molar-refractivity contribution in [2.24, 2.45) is 0 Å². The molecule has 20 heavy (non-hydrogen) atoms. The molecule has 4 nitrogen and oxygen atoms in total. The average Bonchev–Trinajstić information content (AvgIpc) is 2.44. The van der Waals surface area contributed by atoms with Crippen molar-refractivity contribution in [2.45, 2.75) is 0 Å². The maximum Gasteiger partial charge on any atom is 0.323 e. The van der Waals surface area contributed by atoms with Crippen LogP contribution in [0.1, 0.15) is 10.4 Å². The molecule has 0 aliphatic rings. The molecule has 0 saturated carbocycles. The lowest BCUT2D eigenvalue weighted by atomic mass is 10.2. The first-order valence-corrected chi connectivity index (χ1v) is 6.05. The predicted octanol–water partition coefficient (Wildman–Crippen LogP) is 3.94. The third-order valence-electron chi connectivity index (χ3n) is 2.48. The molecule has 0 bridgehead atoms. The first-order chi connectivity index (χ1) is 9.60. The van der Waals surface area contributed by atoms with E-state index in [4.69, 9.17) is 11.6 Å². The minimum Gasteiger partial charge on any atom is -0.308 e. The maximum atomic E-state index is 13.6. The van der Waals surface area contributed by atoms with Crippen LogP contribution < -0.4 is 10.6 Å². The van der Waals surface area contributed by atoms with Crippen LogP contribution in [0, 0.1) is 5.82 Å². The number of carbonyl (C=O) groups is 2. The molecule has 2 amide bonds. The highest BCUT2D eigenvalue weighted by atomic mass is 35.5. The van der Waals surface area contributed by atoms with Gasteiger partial charge in [0, 0.05) is 11.3 Å². The third-order valence-corrected chi connectivity index (χ3v) is 2.77. The normalized spacial score (nSPS) is 9.90. The number of aldehydes is 1. The minimum absolute atomic E-state index is 0.0264. The summed E-state index contributed by atoms with van der Waals surface area (Å²) in [5.74, 6) is -0.703. The minimum atomic E-state index is -0.703. The van der Waals surface area contributed by atoms with Gasteiger partial charge in [-0.05, 0) is 24.3 Å². The summed E-state index contributed by atoms with van der Waals surface area (Å²) in [6.45, 7) is 0. The van der Waals surface area contributed by atoms with Gasteiger partial charge in [0.1, 0.15) is 6.29 Å². The summed E-state index contributed by atoms with van der Waals surface area (Å²) in [7, 11) is 0. The number of carbonyl (C=O) groups excluding carboxylic acids is 2. The van der Waals surface area contributed by atoms with Crippen LogP contribution in [0.15, 0.2) is 42.5 Å². The molecule has 0 aliphatic heterocycles. The maximum absolute atomic E-state index is 13.6. The number of hydrogen-bond donors (Lipinski definition) is 2. The van der Waals surface area contributed by atoms with Gasteiger partial charge in [-0.2, -0.15) is 0 Å². The molecule has 2 N–H and O–H groups in total. The van der Waals surface area contributed by atoms with Gasteiger partial charge < -0.3 is 10.6 Å². The van der Waals surface area contributed by atoms with E-state index in [1.807, 2.05) is 0 Å². The number of anilines is 2. The van der Waals surface area contributed by atoms with E-state index in [1.54, 1.807) is 18.2 Å². The molecule has 0 aromatic heterocycles. The summed E-state index contributed by atoms with van der Waals surface area (Å²) < 4.78 is 13.6. The zero-order chi connectivity index (χ0) is 14.5. The molecule has 0 spiro atoms. The van der Waals surface area contributed by atoms with Crippen molar-refractivity contribution in [2.75, 3.05) is 10.6 Å². The van der Waals surface area contributed by atoms with Gasteiger partial charge in [-0.25, -0.2) is 9.18 Å². The fraction of sp³-hybridized carbons (Fsp3) is 0. The van der Waals surface area contributed by atoms with Crippen LogP contribution in [0.4, 0.5) is 20.6 Å². The number of nitrogens with one attached hydrogen (secondary N) is 2. The second-order valence-electron chi connectivity index (χ2n) is 3.92. The number of benzene rings is 2. The molecule has 0 heterocycles. The first-order valence-electron chi connectivity index (χ1n) is 5.67. The van der Waals surface area contributed by atoms with Crippen molar-refractivity contribution in [1.82, 2.24) is 0 Å². The van der Waals surface area contributed by atoms with Crippen molar-refractivity contribution < 1.29 is 14.0 Å². The van der Waals surface area contributed by atoms with Crippen LogP contribution in [-0.4, -0.2) is 12.3 Å². The molecule has 0 aliphatic carbocycles. The molecular formula is C14H10ClFN2O2. The highest BCUT2D eigenvalue weighted by Gasteiger charge is 2.09. The van der Waals surface area contributed by atoms with Crippen LogP contribution in [0.25, 0.3) is 0 Å². The molecular weight excluding hydrogens is 283 g/mol. The van der Waals surface area contributed by atoms with E-state index in [2.05, 4.69) is 10.6 Å².